The minimum absolute atomic E-state index is 0.325. The lowest BCUT2D eigenvalue weighted by Crippen LogP contribution is -2.41. The molecule has 4 aliphatic heterocycles. The van der Waals surface area contributed by atoms with Gasteiger partial charge < -0.3 is 18.6 Å². The lowest BCUT2D eigenvalue weighted by molar-refractivity contribution is 0.00578. The van der Waals surface area contributed by atoms with Crippen LogP contribution in [0.3, 0.4) is 0 Å². The number of hydrogen-bond donors (Lipinski definition) is 0. The summed E-state index contributed by atoms with van der Waals surface area (Å²) in [6.07, 6.45) is 5.51. The Morgan fingerprint density at radius 1 is 0.278 bits per heavy atom. The van der Waals surface area contributed by atoms with Gasteiger partial charge >= 0.3 is 14.0 Å². The van der Waals surface area contributed by atoms with Gasteiger partial charge in [-0.3, -0.25) is 9.80 Å². The first-order chi connectivity index (χ1) is 59.8. The Kier molecular flexibility index (Phi) is 25.1. The molecule has 2 fully saturated rings. The molecule has 20 heteroatoms. The maximum atomic E-state index is 16.4. The van der Waals surface area contributed by atoms with Crippen molar-refractivity contribution in [1.29, 1.82) is 0 Å². The molecule has 8 heterocycles. The predicted octanol–water partition coefficient (Wildman–Crippen LogP) is 27.6. The zero-order valence-corrected chi connectivity index (χ0v) is 79.8. The molecule has 0 N–H and O–H groups in total. The molecule has 0 spiro atoms. The molecule has 14 nitrogen and oxygen atoms in total. The smallest absolute Gasteiger partial charge is 0.405 e. The zero-order chi connectivity index (χ0) is 90.2. The molecule has 0 bridgehead atoms. The summed E-state index contributed by atoms with van der Waals surface area (Å²) in [5.41, 5.74) is 36.2. The second-order valence-corrected chi connectivity index (χ2v) is 37.4. The van der Waals surface area contributed by atoms with Crippen LogP contribution < -0.4 is 9.80 Å². The van der Waals surface area contributed by atoms with Gasteiger partial charge in [-0.15, -0.1) is 0 Å². The first-order valence-corrected chi connectivity index (χ1v) is 44.6. The molecule has 4 aromatic heterocycles. The molecule has 14 aromatic rings. The Morgan fingerprint density at radius 2 is 0.548 bits per heavy atom. The summed E-state index contributed by atoms with van der Waals surface area (Å²) in [4.78, 5) is 43.2. The molecule has 0 atom stereocenters. The largest absolute Gasteiger partial charge is 0.488 e. The summed E-state index contributed by atoms with van der Waals surface area (Å²) in [5.74, 6) is 4.21. The van der Waals surface area contributed by atoms with E-state index < -0.39 is 14.0 Å². The van der Waals surface area contributed by atoms with Crippen molar-refractivity contribution in [3.63, 3.8) is 0 Å². The van der Waals surface area contributed by atoms with Gasteiger partial charge in [0.1, 0.15) is 17.5 Å². The fourth-order valence-electron chi connectivity index (χ4n) is 17.3. The van der Waals surface area contributed by atoms with E-state index in [1.807, 2.05) is 213 Å². The first-order valence-electron chi connectivity index (χ1n) is 43.0. The van der Waals surface area contributed by atoms with Crippen LogP contribution in [0.5, 0.6) is 0 Å². The molecule has 0 amide bonds. The lowest BCUT2D eigenvalue weighted by Gasteiger charge is -2.39. The van der Waals surface area contributed by atoms with E-state index in [4.69, 9.17) is 43.5 Å². The van der Waals surface area contributed by atoms with Crippen LogP contribution in [0, 0.1) is 122 Å². The normalized spacial score (nSPS) is 14.8. The minimum Gasteiger partial charge on any atom is -0.405 e. The number of hydrogen-bond acceptors (Lipinski definition) is 14. The quantitative estimate of drug-likeness (QED) is 0.120. The Balaban J connectivity index is 0.000000142. The predicted molar refractivity (Wildman–Crippen MR) is 518 cm³/mol. The van der Waals surface area contributed by atoms with Gasteiger partial charge in [-0.25, -0.2) is 48.7 Å². The third kappa shape index (κ3) is 16.7. The second-order valence-electron chi connectivity index (χ2n) is 35.7. The highest BCUT2D eigenvalue weighted by atomic mass is 79.9. The number of rotatable bonds is 10. The van der Waals surface area contributed by atoms with Gasteiger partial charge in [-0.1, -0.05) is 121 Å². The Labute approximate surface area is 759 Å². The Morgan fingerprint density at radius 3 is 0.857 bits per heavy atom. The van der Waals surface area contributed by atoms with Crippen molar-refractivity contribution in [1.82, 2.24) is 39.9 Å². The highest BCUT2D eigenvalue weighted by Gasteiger charge is 2.64. The van der Waals surface area contributed by atoms with Gasteiger partial charge in [0.25, 0.3) is 0 Å². The fraction of sp³-hybridized carbons (Fsp3) is 0.283. The van der Waals surface area contributed by atoms with Crippen LogP contribution in [-0.4, -0.2) is 76.3 Å². The number of anilines is 6. The number of fused-ring (bicyclic) bond motifs is 4. The number of pyridine rings is 2. The molecule has 0 unspecified atom stereocenters. The van der Waals surface area contributed by atoms with E-state index in [2.05, 4.69) is 173 Å². The second kappa shape index (κ2) is 35.3. The van der Waals surface area contributed by atoms with E-state index in [1.54, 1.807) is 18.2 Å². The fourth-order valence-corrected chi connectivity index (χ4v) is 18.1. The molecular weight excluding hydrogens is 1700 g/mol. The van der Waals surface area contributed by atoms with Crippen molar-refractivity contribution in [2.24, 2.45) is 0 Å². The molecule has 0 aliphatic carbocycles. The van der Waals surface area contributed by atoms with Crippen LogP contribution in [0.25, 0.3) is 79.5 Å². The summed E-state index contributed by atoms with van der Waals surface area (Å²) >= 11 is 7.01. The molecule has 0 saturated carbocycles. The molecule has 126 heavy (non-hydrogen) atoms. The van der Waals surface area contributed by atoms with Crippen LogP contribution in [0.15, 0.2) is 203 Å². The van der Waals surface area contributed by atoms with Gasteiger partial charge in [0.15, 0.2) is 40.8 Å². The van der Waals surface area contributed by atoms with Crippen molar-refractivity contribution in [3.05, 3.63) is 326 Å². The Hall–Kier alpha value is -11.1. The van der Waals surface area contributed by atoms with Crippen molar-refractivity contribution >= 4 is 80.3 Å². The molecule has 2 saturated heterocycles. The van der Waals surface area contributed by atoms with E-state index in [1.165, 1.54) is 135 Å². The standard InChI is InChI=1S/C47H42FN5.C26H29BrN2.C21H13BrFN3.C12H24B2O4/c1-26-28(3)32(7)42-38(30(26)5)25-39-31(6)27(2)29(4)33(8)43(39)53(42)47-37(20-15-23-49-47)40-24-36(21-22-41(40)48)46-51-44(34-16-11-9-12-17-34)50-45(52-46)35-18-13-10-14-19-35;1-13-15(3)19(7)24-21(17(13)5)12-22-18(6)14(2)16(4)20(8)25(22)29(24)26-23(27)10-9-11-28-26;22-17-13-16(11-12-18(17)23)21-25-19(14-7-3-1-4-8-14)24-20(26-21)15-9-5-2-6-10-15;1-9(2)10(3,4)16-13(15-9)14-17-11(5,6)12(7,8)18-14/h9-24H,25H2,1-8H3;9-11H,12H2,1-8H3;1-13H;1-8H3. The maximum absolute atomic E-state index is 16.4. The maximum Gasteiger partial charge on any atom is 0.488 e. The average molecular weight is 1810 g/mol. The third-order valence-corrected chi connectivity index (χ3v) is 28.8. The molecule has 0 radical (unpaired) electrons. The van der Waals surface area contributed by atoms with Crippen LogP contribution in [0.4, 0.5) is 43.2 Å². The average Bonchev–Trinajstić information content (AvgIpc) is 0.821. The van der Waals surface area contributed by atoms with Crippen molar-refractivity contribution in [3.8, 4) is 79.5 Å². The summed E-state index contributed by atoms with van der Waals surface area (Å²) in [6.45, 7) is 52.0. The van der Waals surface area contributed by atoms with E-state index in [9.17, 15) is 4.39 Å². The summed E-state index contributed by atoms with van der Waals surface area (Å²) < 4.78 is 55.3. The van der Waals surface area contributed by atoms with E-state index >= 15 is 4.39 Å². The summed E-state index contributed by atoms with van der Waals surface area (Å²) in [7, 11) is -0.952. The molecule has 10 aromatic carbocycles. The lowest BCUT2D eigenvalue weighted by atomic mass is 9.49. The monoisotopic (exact) mass is 1800 g/mol. The SMILES string of the molecule is CC1(C)OB(B2OC(C)(C)C(C)(C)O2)OC1(C)C.Cc1c(C)c(C)c2c(c1C)Cc1c(C)c(C)c(C)c(C)c1N2c1ncccc1-c1cc(-c2nc(-c3ccccc3)nc(-c3ccccc3)n2)ccc1F.Cc1c(C)c(C)c2c(c1C)Cc1c(C)c(C)c(C)c(C)c1N2c1ncccc1Br.Fc1ccc(-c2nc(-c3ccccc3)nc(-c3ccccc3)n2)cc1Br. The van der Waals surface area contributed by atoms with Crippen molar-refractivity contribution in [2.45, 2.75) is 201 Å². The van der Waals surface area contributed by atoms with Gasteiger partial charge in [0.05, 0.1) is 54.1 Å². The van der Waals surface area contributed by atoms with Gasteiger partial charge in [0, 0.05) is 69.7 Å². The molecule has 640 valence electrons. The third-order valence-electron chi connectivity index (χ3n) is 27.5. The minimum atomic E-state index is -0.476. The van der Waals surface area contributed by atoms with Crippen molar-refractivity contribution < 1.29 is 27.4 Å². The van der Waals surface area contributed by atoms with E-state index in [0.29, 0.717) is 61.9 Å². The summed E-state index contributed by atoms with van der Waals surface area (Å²) in [6, 6.07) is 57.0. The highest BCUT2D eigenvalue weighted by molar-refractivity contribution is 9.10. The van der Waals surface area contributed by atoms with Crippen LogP contribution in [0.2, 0.25) is 0 Å². The number of halogens is 4. The molecule has 18 rings (SSSR count). The summed E-state index contributed by atoms with van der Waals surface area (Å²) in [5, 5.41) is 0. The van der Waals surface area contributed by atoms with Gasteiger partial charge in [0.2, 0.25) is 0 Å². The number of benzene rings is 10. The zero-order valence-electron chi connectivity index (χ0n) is 76.7. The van der Waals surface area contributed by atoms with Crippen LogP contribution in [0.1, 0.15) is 167 Å². The first kappa shape index (κ1) is 89.7. The van der Waals surface area contributed by atoms with Gasteiger partial charge in [-0.2, -0.15) is 0 Å². The highest BCUT2D eigenvalue weighted by Crippen LogP contribution is 2.56. The van der Waals surface area contributed by atoms with Crippen LogP contribution in [-0.2, 0) is 31.5 Å². The van der Waals surface area contributed by atoms with E-state index in [0.717, 1.165) is 62.3 Å². The Bertz CT molecular complexity index is 6280. The molecular formula is C106H108B2Br2F2N10O4. The molecule has 4 aliphatic rings. The van der Waals surface area contributed by atoms with E-state index in [-0.39, 0.29) is 34.0 Å². The van der Waals surface area contributed by atoms with Crippen LogP contribution >= 0.6 is 31.9 Å². The van der Waals surface area contributed by atoms with Crippen molar-refractivity contribution in [2.75, 3.05) is 9.80 Å². The topological polar surface area (TPSA) is 147 Å². The van der Waals surface area contributed by atoms with Gasteiger partial charge in [-0.05, 0) is 370 Å². The number of nitrogens with zero attached hydrogens (tertiary/aromatic N) is 10. The number of aromatic nitrogens is 8.